The molecule has 0 spiro atoms. The Balaban J connectivity index is 1.28. The van der Waals surface area contributed by atoms with Crippen molar-refractivity contribution in [2.45, 2.75) is 63.1 Å². The summed E-state index contributed by atoms with van der Waals surface area (Å²) in [6, 6.07) is 8.40. The smallest absolute Gasteiger partial charge is 0.252 e. The topological polar surface area (TPSA) is 75.7 Å². The summed E-state index contributed by atoms with van der Waals surface area (Å²) in [5.74, 6) is 4.43. The van der Waals surface area contributed by atoms with Gasteiger partial charge in [0, 0.05) is 49.4 Å². The van der Waals surface area contributed by atoms with Crippen molar-refractivity contribution >= 4 is 5.91 Å². The maximum atomic E-state index is 13.5. The third kappa shape index (κ3) is 6.41. The van der Waals surface area contributed by atoms with E-state index in [1.165, 1.54) is 18.4 Å². The Bertz CT molecular complexity index is 1370. The van der Waals surface area contributed by atoms with Gasteiger partial charge in [0.2, 0.25) is 0 Å². The van der Waals surface area contributed by atoms with E-state index in [0.29, 0.717) is 31.2 Å². The van der Waals surface area contributed by atoms with Crippen LogP contribution in [0.25, 0.3) is 0 Å². The Morgan fingerprint density at radius 3 is 2.80 bits per heavy atom. The van der Waals surface area contributed by atoms with Crippen molar-refractivity contribution in [1.82, 2.24) is 20.5 Å². The van der Waals surface area contributed by atoms with Crippen LogP contribution < -0.4 is 15.4 Å². The normalized spacial score (nSPS) is 23.7. The highest BCUT2D eigenvalue weighted by Gasteiger charge is 2.31. The number of rotatable bonds is 9. The van der Waals surface area contributed by atoms with E-state index in [4.69, 9.17) is 20.9 Å². The minimum absolute atomic E-state index is 0.0123. The lowest BCUT2D eigenvalue weighted by atomic mass is 9.92. The number of aryl methyl sites for hydroxylation is 1. The first-order chi connectivity index (χ1) is 20.0. The van der Waals surface area contributed by atoms with Crippen LogP contribution in [0.3, 0.4) is 0 Å². The molecule has 0 bridgehead atoms. The Kier molecular flexibility index (Phi) is 8.25. The SMILES string of the molecule is C#C[C@@H]1CN(C[C@@H](Oc2cc(C)c(C(=O)NC3CC=CC=C3C)cc2C2COC2)c2ccc(C3CC3)cn2)CCN1. The molecule has 3 fully saturated rings. The average molecular weight is 553 g/mol. The molecule has 2 saturated heterocycles. The predicted octanol–water partition coefficient (Wildman–Crippen LogP) is 4.41. The second-order valence-corrected chi connectivity index (χ2v) is 11.9. The van der Waals surface area contributed by atoms with Gasteiger partial charge in [0.05, 0.1) is 31.0 Å². The number of pyridine rings is 1. The van der Waals surface area contributed by atoms with Crippen molar-refractivity contribution in [2.24, 2.45) is 0 Å². The molecule has 1 aromatic heterocycles. The van der Waals surface area contributed by atoms with Crippen molar-refractivity contribution in [2.75, 3.05) is 39.4 Å². The molecule has 2 aliphatic heterocycles. The highest BCUT2D eigenvalue weighted by molar-refractivity contribution is 5.96. The lowest BCUT2D eigenvalue weighted by Crippen LogP contribution is -2.51. The van der Waals surface area contributed by atoms with Crippen LogP contribution in [0.4, 0.5) is 0 Å². The zero-order chi connectivity index (χ0) is 28.3. The zero-order valence-corrected chi connectivity index (χ0v) is 24.1. The molecule has 7 heteroatoms. The van der Waals surface area contributed by atoms with E-state index in [-0.39, 0.29) is 30.0 Å². The number of hydrogen-bond donors (Lipinski definition) is 2. The molecule has 3 heterocycles. The molecular formula is C34H40N4O3. The van der Waals surface area contributed by atoms with Crippen LogP contribution in [0.1, 0.15) is 76.9 Å². The van der Waals surface area contributed by atoms with Gasteiger partial charge in [-0.05, 0) is 68.4 Å². The van der Waals surface area contributed by atoms with E-state index in [1.54, 1.807) is 0 Å². The molecule has 2 aromatic rings. The van der Waals surface area contributed by atoms with Crippen molar-refractivity contribution in [3.05, 3.63) is 82.2 Å². The molecular weight excluding hydrogens is 512 g/mol. The van der Waals surface area contributed by atoms with Gasteiger partial charge in [0.1, 0.15) is 5.75 Å². The summed E-state index contributed by atoms with van der Waals surface area (Å²) in [5, 5.41) is 6.62. The van der Waals surface area contributed by atoms with Gasteiger partial charge in [-0.3, -0.25) is 14.7 Å². The number of piperazine rings is 1. The summed E-state index contributed by atoms with van der Waals surface area (Å²) in [7, 11) is 0. The molecule has 0 radical (unpaired) electrons. The summed E-state index contributed by atoms with van der Waals surface area (Å²) in [6.45, 7) is 8.47. The monoisotopic (exact) mass is 552 g/mol. The second-order valence-electron chi connectivity index (χ2n) is 11.9. The number of aromatic nitrogens is 1. The van der Waals surface area contributed by atoms with Crippen LogP contribution in [0.15, 0.2) is 54.3 Å². The number of nitrogens with zero attached hydrogens (tertiary/aromatic N) is 2. The van der Waals surface area contributed by atoms with Crippen LogP contribution in [0, 0.1) is 19.3 Å². The minimum Gasteiger partial charge on any atom is -0.482 e. The van der Waals surface area contributed by atoms with Gasteiger partial charge in [0.15, 0.2) is 6.10 Å². The van der Waals surface area contributed by atoms with E-state index in [1.807, 2.05) is 31.3 Å². The predicted molar refractivity (Wildman–Crippen MR) is 160 cm³/mol. The van der Waals surface area contributed by atoms with Crippen LogP contribution in [0.5, 0.6) is 5.75 Å². The molecule has 2 aliphatic carbocycles. The average Bonchev–Trinajstić information content (AvgIpc) is 3.80. The number of nitrogens with one attached hydrogen (secondary N) is 2. The zero-order valence-electron chi connectivity index (χ0n) is 24.1. The Morgan fingerprint density at radius 1 is 1.27 bits per heavy atom. The van der Waals surface area contributed by atoms with Crippen LogP contribution in [-0.4, -0.2) is 67.3 Å². The number of hydrogen-bond acceptors (Lipinski definition) is 6. The number of carbonyl (C=O) groups is 1. The number of terminal acetylenes is 1. The largest absolute Gasteiger partial charge is 0.482 e. The highest BCUT2D eigenvalue weighted by Crippen LogP contribution is 2.40. The van der Waals surface area contributed by atoms with Crippen LogP contribution >= 0.6 is 0 Å². The summed E-state index contributed by atoms with van der Waals surface area (Å²) in [6.07, 6.45) is 17.0. The number of carbonyl (C=O) groups excluding carboxylic acids is 1. The molecule has 1 unspecified atom stereocenters. The molecule has 214 valence electrons. The van der Waals surface area contributed by atoms with E-state index in [2.05, 4.69) is 52.7 Å². The van der Waals surface area contributed by atoms with E-state index in [0.717, 1.165) is 54.2 Å². The van der Waals surface area contributed by atoms with Crippen molar-refractivity contribution in [3.8, 4) is 18.1 Å². The lowest BCUT2D eigenvalue weighted by molar-refractivity contribution is 0.00631. The van der Waals surface area contributed by atoms with E-state index in [9.17, 15) is 4.79 Å². The van der Waals surface area contributed by atoms with Crippen LogP contribution in [-0.2, 0) is 4.74 Å². The lowest BCUT2D eigenvalue weighted by Gasteiger charge is -2.35. The van der Waals surface area contributed by atoms with Gasteiger partial charge in [0.25, 0.3) is 5.91 Å². The fraction of sp³-hybridized carbons (Fsp3) is 0.471. The summed E-state index contributed by atoms with van der Waals surface area (Å²) >= 11 is 0. The molecule has 1 aromatic carbocycles. The molecule has 3 atom stereocenters. The van der Waals surface area contributed by atoms with Gasteiger partial charge in [-0.25, -0.2) is 0 Å². The third-order valence-corrected chi connectivity index (χ3v) is 8.74. The van der Waals surface area contributed by atoms with Crippen LogP contribution in [0.2, 0.25) is 0 Å². The quantitative estimate of drug-likeness (QED) is 0.449. The van der Waals surface area contributed by atoms with Gasteiger partial charge in [-0.2, -0.15) is 0 Å². The first-order valence-corrected chi connectivity index (χ1v) is 14.9. The van der Waals surface area contributed by atoms with Crippen molar-refractivity contribution < 1.29 is 14.3 Å². The molecule has 1 amide bonds. The number of benzene rings is 1. The van der Waals surface area contributed by atoms with E-state index >= 15 is 0 Å². The molecule has 2 N–H and O–H groups in total. The fourth-order valence-corrected chi connectivity index (χ4v) is 5.86. The molecule has 4 aliphatic rings. The first-order valence-electron chi connectivity index (χ1n) is 14.9. The van der Waals surface area contributed by atoms with Gasteiger partial charge in [-0.15, -0.1) is 6.42 Å². The maximum Gasteiger partial charge on any atom is 0.252 e. The minimum atomic E-state index is -0.277. The van der Waals surface area contributed by atoms with Crippen molar-refractivity contribution in [3.63, 3.8) is 0 Å². The molecule has 6 rings (SSSR count). The Hall–Kier alpha value is -3.44. The van der Waals surface area contributed by atoms with Crippen molar-refractivity contribution in [1.29, 1.82) is 0 Å². The number of allylic oxidation sites excluding steroid dienone is 2. The summed E-state index contributed by atoms with van der Waals surface area (Å²) in [4.78, 5) is 20.7. The number of amides is 1. The van der Waals surface area contributed by atoms with E-state index < -0.39 is 0 Å². The third-order valence-electron chi connectivity index (χ3n) is 8.74. The molecule has 1 saturated carbocycles. The number of ether oxygens (including phenoxy) is 2. The Labute approximate surface area is 243 Å². The fourth-order valence-electron chi connectivity index (χ4n) is 5.86. The first kappa shape index (κ1) is 27.7. The maximum absolute atomic E-state index is 13.5. The summed E-state index contributed by atoms with van der Waals surface area (Å²) < 4.78 is 12.4. The van der Waals surface area contributed by atoms with Gasteiger partial charge >= 0.3 is 0 Å². The molecule has 7 nitrogen and oxygen atoms in total. The van der Waals surface area contributed by atoms with Gasteiger partial charge < -0.3 is 20.1 Å². The van der Waals surface area contributed by atoms with Gasteiger partial charge in [-0.1, -0.05) is 35.8 Å². The molecule has 41 heavy (non-hydrogen) atoms. The second kappa shape index (κ2) is 12.2. The highest BCUT2D eigenvalue weighted by atomic mass is 16.5. The summed E-state index contributed by atoms with van der Waals surface area (Å²) in [5.41, 5.74) is 5.97. The Morgan fingerprint density at radius 2 is 2.12 bits per heavy atom. The standard InChI is InChI=1S/C34H40N4O3/c1-4-27-18-38(14-13-35-27)19-33(31-12-11-25(17-36-31)24-9-10-24)41-32-15-23(3)28(16-29(32)26-20-40-21-26)34(39)37-30-8-6-5-7-22(30)2/h1,5-7,11-12,15-17,24,26-27,30,33,35H,8-10,13-14,18-21H2,2-3H3,(H,37,39)/t27-,30?,33-/m1/s1.